The van der Waals surface area contributed by atoms with E-state index < -0.39 is 6.61 Å². The van der Waals surface area contributed by atoms with Gasteiger partial charge in [0.15, 0.2) is 5.82 Å². The van der Waals surface area contributed by atoms with E-state index in [4.69, 9.17) is 0 Å². The monoisotopic (exact) mass is 411 g/mol. The van der Waals surface area contributed by atoms with Crippen LogP contribution in [0.25, 0.3) is 16.9 Å². The van der Waals surface area contributed by atoms with E-state index in [1.54, 1.807) is 10.7 Å². The molecule has 8 nitrogen and oxygen atoms in total. The maximum absolute atomic E-state index is 12.4. The van der Waals surface area contributed by atoms with Gasteiger partial charge in [-0.05, 0) is 39.3 Å². The molecular weight excluding hydrogens is 392 g/mol. The Morgan fingerprint density at radius 3 is 2.60 bits per heavy atom. The Hall–Kier alpha value is -3.43. The third-order valence-electron chi connectivity index (χ3n) is 5.15. The summed E-state index contributed by atoms with van der Waals surface area (Å²) in [7, 11) is 0. The average molecular weight is 411 g/mol. The molecule has 0 spiro atoms. The fourth-order valence-electron chi connectivity index (χ4n) is 3.80. The molecule has 0 aliphatic heterocycles. The molecule has 0 bridgehead atoms. The number of halogens is 2. The van der Waals surface area contributed by atoms with Crippen molar-refractivity contribution in [3.8, 4) is 11.6 Å². The molecule has 3 aromatic heterocycles. The topological polar surface area (TPSA) is 94.4 Å². The summed E-state index contributed by atoms with van der Waals surface area (Å²) in [5, 5.41) is 4.41. The first kappa shape index (κ1) is 18.6. The molecule has 4 aromatic rings. The number of benzene rings is 1. The van der Waals surface area contributed by atoms with Crippen LogP contribution in [0.2, 0.25) is 0 Å². The number of fused-ring (bicyclic) bond motifs is 1. The van der Waals surface area contributed by atoms with Gasteiger partial charge in [0.05, 0.1) is 16.7 Å². The van der Waals surface area contributed by atoms with E-state index in [0.717, 1.165) is 23.8 Å². The Bertz CT molecular complexity index is 1250. The van der Waals surface area contributed by atoms with Gasteiger partial charge in [0.2, 0.25) is 0 Å². The zero-order valence-electron chi connectivity index (χ0n) is 16.6. The molecule has 1 aromatic carbocycles. The summed E-state index contributed by atoms with van der Waals surface area (Å²) >= 11 is 0. The van der Waals surface area contributed by atoms with Gasteiger partial charge in [-0.25, -0.2) is 19.9 Å². The molecule has 1 saturated carbocycles. The molecule has 154 valence electrons. The van der Waals surface area contributed by atoms with Crippen molar-refractivity contribution in [2.45, 2.75) is 45.6 Å². The Morgan fingerprint density at radius 2 is 1.87 bits per heavy atom. The average Bonchev–Trinajstić information content (AvgIpc) is 3.25. The molecule has 1 aliphatic carbocycles. The summed E-state index contributed by atoms with van der Waals surface area (Å²) in [6.45, 7) is 2.73. The highest BCUT2D eigenvalue weighted by molar-refractivity contribution is 5.77. The van der Waals surface area contributed by atoms with Crippen LogP contribution in [0.5, 0.6) is 5.75 Å². The van der Waals surface area contributed by atoms with Crippen molar-refractivity contribution >= 4 is 11.0 Å². The van der Waals surface area contributed by atoms with Gasteiger partial charge in [-0.3, -0.25) is 0 Å². The number of imidazole rings is 1. The molecule has 2 atom stereocenters. The Balaban J connectivity index is 1.42. The summed E-state index contributed by atoms with van der Waals surface area (Å²) in [6.07, 6.45) is 0.894. The van der Waals surface area contributed by atoms with E-state index in [9.17, 15) is 8.78 Å². The number of nitrogens with zero attached hydrogens (tertiary/aromatic N) is 6. The molecule has 2 unspecified atom stereocenters. The number of hydrogen-bond donors (Lipinski definition) is 1. The molecule has 1 N–H and O–H groups in total. The number of nitrogens with one attached hydrogen (secondary N) is 1. The number of hydrogen-bond acceptors (Lipinski definition) is 6. The van der Waals surface area contributed by atoms with Crippen LogP contribution in [-0.2, 0) is 0 Å². The maximum Gasteiger partial charge on any atom is 0.387 e. The first-order valence-corrected chi connectivity index (χ1v) is 9.58. The minimum atomic E-state index is -2.86. The summed E-state index contributed by atoms with van der Waals surface area (Å²) in [5.41, 5.74) is 2.31. The number of alkyl halides is 2. The summed E-state index contributed by atoms with van der Waals surface area (Å²) < 4.78 is 31.1. The number of aromatic nitrogens is 7. The summed E-state index contributed by atoms with van der Waals surface area (Å²) in [5.74, 6) is 4.11. The van der Waals surface area contributed by atoms with E-state index in [1.807, 2.05) is 26.8 Å². The van der Waals surface area contributed by atoms with Crippen molar-refractivity contribution in [2.75, 3.05) is 0 Å². The molecule has 5 rings (SSSR count). The second-order valence-electron chi connectivity index (χ2n) is 7.44. The van der Waals surface area contributed by atoms with Gasteiger partial charge < -0.3 is 9.72 Å². The van der Waals surface area contributed by atoms with Gasteiger partial charge in [-0.15, -0.1) is 5.10 Å². The molecule has 0 saturated heterocycles. The van der Waals surface area contributed by atoms with Crippen molar-refractivity contribution in [1.82, 2.24) is 34.7 Å². The first-order chi connectivity index (χ1) is 14.4. The van der Waals surface area contributed by atoms with Crippen LogP contribution in [0.15, 0.2) is 24.3 Å². The van der Waals surface area contributed by atoms with Crippen molar-refractivity contribution in [2.24, 2.45) is 0 Å². The highest BCUT2D eigenvalue weighted by atomic mass is 19.3. The van der Waals surface area contributed by atoms with Crippen molar-refractivity contribution < 1.29 is 13.5 Å². The van der Waals surface area contributed by atoms with Gasteiger partial charge in [-0.1, -0.05) is 0 Å². The van der Waals surface area contributed by atoms with Crippen LogP contribution in [0.3, 0.4) is 0 Å². The largest absolute Gasteiger partial charge is 0.435 e. The normalized spacial score (nSPS) is 18.3. The third-order valence-corrected chi connectivity index (χ3v) is 5.15. The zero-order valence-corrected chi connectivity index (χ0v) is 16.6. The lowest BCUT2D eigenvalue weighted by Crippen LogP contribution is -2.06. The van der Waals surface area contributed by atoms with Crippen LogP contribution >= 0.6 is 0 Å². The highest BCUT2D eigenvalue weighted by Crippen LogP contribution is 2.53. The van der Waals surface area contributed by atoms with Gasteiger partial charge in [0, 0.05) is 24.0 Å². The van der Waals surface area contributed by atoms with E-state index in [-0.39, 0.29) is 17.6 Å². The van der Waals surface area contributed by atoms with Crippen LogP contribution < -0.4 is 4.74 Å². The zero-order chi connectivity index (χ0) is 21.0. The number of ether oxygens (including phenoxy) is 1. The standard InChI is InChI=1S/C20H19F2N7O/c1-9-24-16(8-18(25-9)29-11(3)23-10(2)28-29)13-7-14(13)19-26-15-5-4-12(30-20(21)22)6-17(15)27-19/h4-6,8,13-14,20H,7H2,1-3H3,(H,26,27). The lowest BCUT2D eigenvalue weighted by molar-refractivity contribution is -0.0497. The lowest BCUT2D eigenvalue weighted by Gasteiger charge is -2.06. The van der Waals surface area contributed by atoms with Gasteiger partial charge in [-0.2, -0.15) is 13.5 Å². The van der Waals surface area contributed by atoms with Crippen molar-refractivity contribution in [1.29, 1.82) is 0 Å². The molecule has 30 heavy (non-hydrogen) atoms. The number of aromatic amines is 1. The van der Waals surface area contributed by atoms with Crippen molar-refractivity contribution in [3.63, 3.8) is 0 Å². The molecule has 0 radical (unpaired) electrons. The van der Waals surface area contributed by atoms with Gasteiger partial charge in [0.1, 0.15) is 29.0 Å². The molecular formula is C20H19F2N7O. The fourth-order valence-corrected chi connectivity index (χ4v) is 3.80. The maximum atomic E-state index is 12.4. The van der Waals surface area contributed by atoms with Gasteiger partial charge in [0.25, 0.3) is 0 Å². The quantitative estimate of drug-likeness (QED) is 0.538. The van der Waals surface area contributed by atoms with Crippen LogP contribution in [0.1, 0.15) is 47.2 Å². The number of rotatable bonds is 5. The van der Waals surface area contributed by atoms with Crippen LogP contribution in [0.4, 0.5) is 8.78 Å². The van der Waals surface area contributed by atoms with Crippen LogP contribution in [0, 0.1) is 20.8 Å². The number of H-pyrrole nitrogens is 1. The molecule has 10 heteroatoms. The molecule has 0 amide bonds. The predicted molar refractivity (Wildman–Crippen MR) is 104 cm³/mol. The first-order valence-electron chi connectivity index (χ1n) is 9.58. The van der Waals surface area contributed by atoms with Gasteiger partial charge >= 0.3 is 6.61 Å². The third kappa shape index (κ3) is 3.38. The Morgan fingerprint density at radius 1 is 1.03 bits per heavy atom. The van der Waals surface area contributed by atoms with Crippen LogP contribution in [-0.4, -0.2) is 41.3 Å². The summed E-state index contributed by atoms with van der Waals surface area (Å²) in [4.78, 5) is 21.3. The second-order valence-corrected chi connectivity index (χ2v) is 7.44. The van der Waals surface area contributed by atoms with E-state index in [1.165, 1.54) is 12.1 Å². The Kier molecular flexibility index (Phi) is 4.23. The lowest BCUT2D eigenvalue weighted by atomic mass is 10.2. The molecule has 3 heterocycles. The molecule has 1 aliphatic rings. The minimum Gasteiger partial charge on any atom is -0.435 e. The van der Waals surface area contributed by atoms with Crippen molar-refractivity contribution in [3.05, 3.63) is 53.3 Å². The van der Waals surface area contributed by atoms with E-state index >= 15 is 0 Å². The Labute approximate surface area is 170 Å². The van der Waals surface area contributed by atoms with E-state index in [2.05, 4.69) is 34.8 Å². The number of aryl methyl sites for hydroxylation is 3. The fraction of sp³-hybridized carbons (Fsp3) is 0.350. The smallest absolute Gasteiger partial charge is 0.387 e. The second kappa shape index (κ2) is 6.82. The summed E-state index contributed by atoms with van der Waals surface area (Å²) in [6, 6.07) is 6.65. The SMILES string of the molecule is Cc1nc(C2CC2c2nc3ccc(OC(F)F)cc3[nH]2)cc(-n2nc(C)nc2C)n1. The molecule has 1 fully saturated rings. The highest BCUT2D eigenvalue weighted by Gasteiger charge is 2.43. The minimum absolute atomic E-state index is 0.106. The van der Waals surface area contributed by atoms with E-state index in [0.29, 0.717) is 28.5 Å². The predicted octanol–water partition coefficient (Wildman–Crippen LogP) is 3.73.